The Balaban J connectivity index is 2.07. The molecule has 214 valence electrons. The van der Waals surface area contributed by atoms with Crippen LogP contribution in [0, 0.1) is 24.7 Å². The van der Waals surface area contributed by atoms with Gasteiger partial charge in [0.05, 0.1) is 43.4 Å². The van der Waals surface area contributed by atoms with Crippen molar-refractivity contribution in [3.63, 3.8) is 0 Å². The normalized spacial score (nSPS) is 15.4. The highest BCUT2D eigenvalue weighted by Crippen LogP contribution is 2.19. The van der Waals surface area contributed by atoms with Gasteiger partial charge in [-0.15, -0.1) is 0 Å². The van der Waals surface area contributed by atoms with E-state index in [2.05, 4.69) is 28.5 Å². The number of methoxy groups -OCH3 is 1. The van der Waals surface area contributed by atoms with Crippen LogP contribution in [0.15, 0.2) is 76.8 Å². The molecule has 0 saturated carbocycles. The van der Waals surface area contributed by atoms with E-state index in [0.717, 1.165) is 11.1 Å². The number of esters is 1. The van der Waals surface area contributed by atoms with E-state index >= 15 is 0 Å². The fourth-order valence-corrected chi connectivity index (χ4v) is 5.23. The number of hydrogen-bond donors (Lipinski definition) is 1. The molecule has 1 N–H and O–H groups in total. The van der Waals surface area contributed by atoms with Crippen molar-refractivity contribution in [3.8, 4) is 0 Å². The highest BCUT2D eigenvalue weighted by Gasteiger charge is 2.24. The molecule has 2 aromatic rings. The monoisotopic (exact) mass is 558 g/mol. The van der Waals surface area contributed by atoms with Gasteiger partial charge in [-0.1, -0.05) is 93.0 Å². The number of benzene rings is 2. The van der Waals surface area contributed by atoms with Crippen LogP contribution in [-0.2, 0) is 35.7 Å². The molecule has 0 spiro atoms. The fourth-order valence-electron chi connectivity index (χ4n) is 3.96. The summed E-state index contributed by atoms with van der Waals surface area (Å²) in [5.41, 5.74) is 2.06. The molecule has 0 amide bonds. The maximum absolute atomic E-state index is 13.1. The van der Waals surface area contributed by atoms with Gasteiger partial charge in [0.1, 0.15) is 6.61 Å². The molecule has 0 fully saturated rings. The summed E-state index contributed by atoms with van der Waals surface area (Å²) in [7, 11) is -2.50. The maximum Gasteiger partial charge on any atom is 0.309 e. The zero-order valence-corrected chi connectivity index (χ0v) is 24.6. The van der Waals surface area contributed by atoms with Crippen LogP contribution in [0.2, 0.25) is 0 Å². The first-order valence-corrected chi connectivity index (χ1v) is 14.6. The van der Waals surface area contributed by atoms with Crippen LogP contribution in [0.3, 0.4) is 0 Å². The van der Waals surface area contributed by atoms with Gasteiger partial charge in [-0.3, -0.25) is 4.79 Å². The molecule has 4 atom stereocenters. The Morgan fingerprint density at radius 1 is 1.03 bits per heavy atom. The number of aryl methyl sites for hydroxylation is 1. The number of carbonyl (C=O) groups excluding carboxylic acids is 1. The number of nitrogens with one attached hydrogen (secondary N) is 1. The predicted molar refractivity (Wildman–Crippen MR) is 154 cm³/mol. The van der Waals surface area contributed by atoms with E-state index in [9.17, 15) is 13.2 Å². The van der Waals surface area contributed by atoms with Crippen molar-refractivity contribution >= 4 is 22.2 Å². The molecule has 0 unspecified atom stereocenters. The molecular weight excluding hydrogens is 516 g/mol. The zero-order valence-electron chi connectivity index (χ0n) is 23.7. The number of rotatable bonds is 16. The Labute approximate surface area is 233 Å². The largest absolute Gasteiger partial charge is 0.469 e. The highest BCUT2D eigenvalue weighted by molar-refractivity contribution is 7.89. The lowest BCUT2D eigenvalue weighted by Gasteiger charge is -2.27. The summed E-state index contributed by atoms with van der Waals surface area (Å²) < 4.78 is 39.7. The van der Waals surface area contributed by atoms with Crippen LogP contribution in [0.5, 0.6) is 0 Å². The van der Waals surface area contributed by atoms with Gasteiger partial charge < -0.3 is 14.3 Å². The molecule has 8 nitrogen and oxygen atoms in total. The van der Waals surface area contributed by atoms with Crippen molar-refractivity contribution in [2.24, 2.45) is 22.9 Å². The lowest BCUT2D eigenvalue weighted by atomic mass is 9.95. The quantitative estimate of drug-likeness (QED) is 0.130. The van der Waals surface area contributed by atoms with Crippen LogP contribution in [-0.4, -0.2) is 46.5 Å². The van der Waals surface area contributed by atoms with Crippen molar-refractivity contribution < 1.29 is 27.5 Å². The molecule has 9 heteroatoms. The van der Waals surface area contributed by atoms with Crippen LogP contribution in [0.4, 0.5) is 0 Å². The summed E-state index contributed by atoms with van der Waals surface area (Å²) in [4.78, 5) is 17.2. The summed E-state index contributed by atoms with van der Waals surface area (Å²) in [6.07, 6.45) is 4.89. The number of oxime groups is 1. The number of ether oxygens (including phenoxy) is 2. The Morgan fingerprint density at radius 3 is 2.31 bits per heavy atom. The molecule has 39 heavy (non-hydrogen) atoms. The lowest BCUT2D eigenvalue weighted by molar-refractivity contribution is -0.139. The van der Waals surface area contributed by atoms with E-state index < -0.39 is 16.1 Å². The molecule has 2 aromatic carbocycles. The number of nitrogens with zero attached hydrogens (tertiary/aromatic N) is 1. The summed E-state index contributed by atoms with van der Waals surface area (Å²) in [6.45, 7) is 10.8. The highest BCUT2D eigenvalue weighted by atomic mass is 32.2. The first-order valence-electron chi connectivity index (χ1n) is 13.2. The molecule has 0 radical (unpaired) electrons. The Morgan fingerprint density at radius 2 is 1.69 bits per heavy atom. The molecule has 0 aromatic heterocycles. The third kappa shape index (κ3) is 11.3. The topological polar surface area (TPSA) is 103 Å². The smallest absolute Gasteiger partial charge is 0.309 e. The van der Waals surface area contributed by atoms with E-state index in [1.165, 1.54) is 13.3 Å². The van der Waals surface area contributed by atoms with Crippen LogP contribution in [0.25, 0.3) is 0 Å². The second kappa shape index (κ2) is 16.2. The maximum atomic E-state index is 13.1. The Hall–Kier alpha value is -3.01. The average Bonchev–Trinajstić information content (AvgIpc) is 2.90. The van der Waals surface area contributed by atoms with Crippen molar-refractivity contribution in [2.75, 3.05) is 13.7 Å². The molecule has 2 rings (SSSR count). The Kier molecular flexibility index (Phi) is 13.4. The van der Waals surface area contributed by atoms with E-state index in [4.69, 9.17) is 9.57 Å². The molecule has 0 bridgehead atoms. The van der Waals surface area contributed by atoms with Gasteiger partial charge in [-0.25, -0.2) is 13.1 Å². The SMILES string of the molecule is COC(=O)CC=C[C@@H](C)[C@@H](C=NOC[C@@H](C)[C@H](OCc1ccccc1)C(C)C)NS(=O)(=O)c1ccc(C)cc1. The zero-order chi connectivity index (χ0) is 28.8. The van der Waals surface area contributed by atoms with E-state index in [0.29, 0.717) is 13.2 Å². The second-order valence-corrected chi connectivity index (χ2v) is 11.8. The minimum Gasteiger partial charge on any atom is -0.469 e. The van der Waals surface area contributed by atoms with Crippen LogP contribution in [0.1, 0.15) is 45.2 Å². The molecule has 0 saturated heterocycles. The van der Waals surface area contributed by atoms with Crippen molar-refractivity contribution in [1.82, 2.24) is 4.72 Å². The molecular formula is C30H42N2O6S. The minimum atomic E-state index is -3.82. The summed E-state index contributed by atoms with van der Waals surface area (Å²) in [5, 5.41) is 4.11. The van der Waals surface area contributed by atoms with Crippen LogP contribution >= 0.6 is 0 Å². The van der Waals surface area contributed by atoms with Crippen molar-refractivity contribution in [2.45, 2.75) is 64.7 Å². The molecule has 0 heterocycles. The molecule has 0 aliphatic carbocycles. The van der Waals surface area contributed by atoms with Gasteiger partial charge >= 0.3 is 5.97 Å². The predicted octanol–water partition coefficient (Wildman–Crippen LogP) is 5.28. The van der Waals surface area contributed by atoms with Gasteiger partial charge in [-0.2, -0.15) is 0 Å². The average molecular weight is 559 g/mol. The van der Waals surface area contributed by atoms with Gasteiger partial charge in [0.25, 0.3) is 0 Å². The van der Waals surface area contributed by atoms with Gasteiger partial charge in [0.2, 0.25) is 10.0 Å². The minimum absolute atomic E-state index is 0.0450. The summed E-state index contributed by atoms with van der Waals surface area (Å²) >= 11 is 0. The van der Waals surface area contributed by atoms with Crippen molar-refractivity contribution in [3.05, 3.63) is 77.9 Å². The lowest BCUT2D eigenvalue weighted by Crippen LogP contribution is -2.40. The fraction of sp³-hybridized carbons (Fsp3) is 0.467. The number of sulfonamides is 1. The first kappa shape index (κ1) is 32.2. The summed E-state index contributed by atoms with van der Waals surface area (Å²) in [5.74, 6) is -0.385. The Bertz CT molecular complexity index is 1160. The van der Waals surface area contributed by atoms with Gasteiger partial charge in [0.15, 0.2) is 0 Å². The number of carbonyl (C=O) groups is 1. The number of hydrogen-bond acceptors (Lipinski definition) is 7. The van der Waals surface area contributed by atoms with Gasteiger partial charge in [-0.05, 0) is 36.5 Å². The molecule has 0 aliphatic rings. The third-order valence-electron chi connectivity index (χ3n) is 6.28. The van der Waals surface area contributed by atoms with E-state index in [-0.39, 0.29) is 41.1 Å². The van der Waals surface area contributed by atoms with E-state index in [1.807, 2.05) is 51.1 Å². The third-order valence-corrected chi connectivity index (χ3v) is 7.75. The van der Waals surface area contributed by atoms with Gasteiger partial charge in [0, 0.05) is 5.92 Å². The summed E-state index contributed by atoms with van der Waals surface area (Å²) in [6, 6.07) is 15.9. The van der Waals surface area contributed by atoms with E-state index in [1.54, 1.807) is 36.4 Å². The second-order valence-electron chi connectivity index (χ2n) is 10.1. The first-order chi connectivity index (χ1) is 18.5. The van der Waals surface area contributed by atoms with Crippen LogP contribution < -0.4 is 4.72 Å². The molecule has 0 aliphatic heterocycles. The van der Waals surface area contributed by atoms with Crippen molar-refractivity contribution in [1.29, 1.82) is 0 Å². The standard InChI is InChI=1S/C30H42N2O6S/c1-22(2)30(37-21-26-12-8-7-9-13-26)25(5)20-38-31-19-28(24(4)11-10-14-29(33)36-6)32-39(34,35)27-17-15-23(3)16-18-27/h7-13,15-19,22,24-25,28,30,32H,14,20-21H2,1-6H3/t24-,25-,28-,30-/m1/s1.